The minimum absolute atomic E-state index is 0.117. The first-order valence-electron chi connectivity index (χ1n) is 13.7. The van der Waals surface area contributed by atoms with Gasteiger partial charge >= 0.3 is 0 Å². The summed E-state index contributed by atoms with van der Waals surface area (Å²) in [5.41, 5.74) is 1.98. The van der Waals surface area contributed by atoms with Crippen molar-refractivity contribution in [3.05, 3.63) is 29.8 Å². The van der Waals surface area contributed by atoms with Crippen LogP contribution in [0, 0.1) is 5.92 Å². The number of hydrogen-bond acceptors (Lipinski definition) is 7. The lowest BCUT2D eigenvalue weighted by molar-refractivity contribution is -0.179. The summed E-state index contributed by atoms with van der Waals surface area (Å²) in [5, 5.41) is 3.01. The van der Waals surface area contributed by atoms with Crippen molar-refractivity contribution in [2.75, 3.05) is 77.4 Å². The van der Waals surface area contributed by atoms with Gasteiger partial charge in [-0.25, -0.2) is 0 Å². The van der Waals surface area contributed by atoms with E-state index >= 15 is 0 Å². The van der Waals surface area contributed by atoms with E-state index in [1.807, 2.05) is 12.1 Å². The van der Waals surface area contributed by atoms with Crippen molar-refractivity contribution in [3.8, 4) is 0 Å². The van der Waals surface area contributed by atoms with Crippen molar-refractivity contribution < 1.29 is 22.7 Å². The molecule has 1 atom stereocenters. The predicted octanol–water partition coefficient (Wildman–Crippen LogP) is 1.56. The van der Waals surface area contributed by atoms with Crippen molar-refractivity contribution in [1.82, 2.24) is 18.4 Å². The number of anilines is 1. The number of likely N-dealkylation sites (N-methyl/N-ethyl adjacent to an activating group) is 1. The smallest absolute Gasteiger partial charge is 0.282 e. The molecule has 1 aromatic rings. The van der Waals surface area contributed by atoms with Crippen LogP contribution in [0.1, 0.15) is 38.2 Å². The van der Waals surface area contributed by atoms with E-state index in [1.54, 1.807) is 0 Å². The van der Waals surface area contributed by atoms with E-state index in [0.29, 0.717) is 58.5 Å². The van der Waals surface area contributed by atoms with E-state index in [0.717, 1.165) is 45.0 Å². The van der Waals surface area contributed by atoms with Gasteiger partial charge in [0.1, 0.15) is 0 Å². The zero-order valence-corrected chi connectivity index (χ0v) is 22.8. The number of nitrogens with one attached hydrogen (secondary N) is 1. The number of carbonyl (C=O) groups is 1. The van der Waals surface area contributed by atoms with Crippen LogP contribution in [-0.4, -0.2) is 111 Å². The number of ether oxygens (including phenoxy) is 2. The SMILES string of the molecule is CCN1CCN(Cc2ccc(NC(=O)C3CCCN(S(=O)(=O)N4CCC5(CC4)OCCO5)C3)cc2)CC1. The molecule has 1 amide bonds. The fourth-order valence-corrected chi connectivity index (χ4v) is 7.53. The average molecular weight is 536 g/mol. The maximum atomic E-state index is 13.3. The van der Waals surface area contributed by atoms with Gasteiger partial charge in [-0.2, -0.15) is 17.0 Å². The number of amides is 1. The first-order chi connectivity index (χ1) is 17.9. The highest BCUT2D eigenvalue weighted by atomic mass is 32.2. The third kappa shape index (κ3) is 6.35. The first-order valence-corrected chi connectivity index (χ1v) is 15.1. The molecule has 0 aliphatic carbocycles. The highest BCUT2D eigenvalue weighted by Crippen LogP contribution is 2.33. The van der Waals surface area contributed by atoms with Crippen LogP contribution in [0.4, 0.5) is 5.69 Å². The molecule has 1 spiro atoms. The topological polar surface area (TPSA) is 94.7 Å². The fourth-order valence-electron chi connectivity index (χ4n) is 5.83. The molecule has 4 fully saturated rings. The lowest BCUT2D eigenvalue weighted by Gasteiger charge is -2.40. The molecule has 4 aliphatic rings. The monoisotopic (exact) mass is 535 g/mol. The standard InChI is InChI=1S/C26H41N5O5S/c1-2-28-14-16-29(17-15-28)20-22-5-7-24(8-6-22)27-25(32)23-4-3-11-31(21-23)37(33,34)30-12-9-26(10-13-30)35-18-19-36-26/h5-8,23H,2-4,9-21H2,1H3,(H,27,32). The van der Waals surface area contributed by atoms with Gasteiger partial charge in [0.2, 0.25) is 5.91 Å². The summed E-state index contributed by atoms with van der Waals surface area (Å²) < 4.78 is 41.1. The largest absolute Gasteiger partial charge is 0.347 e. The molecule has 5 rings (SSSR count). The van der Waals surface area contributed by atoms with E-state index in [-0.39, 0.29) is 18.4 Å². The predicted molar refractivity (Wildman–Crippen MR) is 141 cm³/mol. The van der Waals surface area contributed by atoms with Gasteiger partial charge in [-0.1, -0.05) is 19.1 Å². The van der Waals surface area contributed by atoms with Gasteiger partial charge in [0.15, 0.2) is 5.79 Å². The quantitative estimate of drug-likeness (QED) is 0.566. The number of piperidine rings is 2. The molecule has 0 aromatic heterocycles. The Balaban J connectivity index is 1.11. The maximum absolute atomic E-state index is 13.3. The Morgan fingerprint density at radius 1 is 0.946 bits per heavy atom. The van der Waals surface area contributed by atoms with Gasteiger partial charge in [0, 0.05) is 77.4 Å². The maximum Gasteiger partial charge on any atom is 0.282 e. The van der Waals surface area contributed by atoms with Crippen LogP contribution in [0.5, 0.6) is 0 Å². The number of piperazine rings is 1. The van der Waals surface area contributed by atoms with Crippen LogP contribution in [0.15, 0.2) is 24.3 Å². The minimum Gasteiger partial charge on any atom is -0.347 e. The van der Waals surface area contributed by atoms with Crippen molar-refractivity contribution in [1.29, 1.82) is 0 Å². The molecule has 4 aliphatic heterocycles. The van der Waals surface area contributed by atoms with Crippen LogP contribution >= 0.6 is 0 Å². The van der Waals surface area contributed by atoms with Gasteiger partial charge < -0.3 is 19.7 Å². The summed E-state index contributed by atoms with van der Waals surface area (Å²) in [5.74, 6) is -1.10. The van der Waals surface area contributed by atoms with Gasteiger partial charge in [0.05, 0.1) is 19.1 Å². The molecule has 37 heavy (non-hydrogen) atoms. The summed E-state index contributed by atoms with van der Waals surface area (Å²) in [6, 6.07) is 8.04. The molecule has 4 heterocycles. The Hall–Kier alpha value is -1.60. The van der Waals surface area contributed by atoms with E-state index in [4.69, 9.17) is 9.47 Å². The van der Waals surface area contributed by atoms with Crippen LogP contribution < -0.4 is 5.32 Å². The third-order valence-electron chi connectivity index (χ3n) is 8.25. The van der Waals surface area contributed by atoms with Crippen molar-refractivity contribution in [2.24, 2.45) is 5.92 Å². The summed E-state index contributed by atoms with van der Waals surface area (Å²) in [6.07, 6.45) is 2.43. The van der Waals surface area contributed by atoms with Crippen molar-refractivity contribution >= 4 is 21.8 Å². The molecule has 1 N–H and O–H groups in total. The highest BCUT2D eigenvalue weighted by molar-refractivity contribution is 7.86. The summed E-state index contributed by atoms with van der Waals surface area (Å²) in [4.78, 5) is 18.0. The van der Waals surface area contributed by atoms with E-state index in [9.17, 15) is 13.2 Å². The second kappa shape index (κ2) is 11.6. The molecule has 0 saturated carbocycles. The minimum atomic E-state index is -3.63. The van der Waals surface area contributed by atoms with E-state index in [1.165, 1.54) is 14.2 Å². The molecule has 11 heteroatoms. The van der Waals surface area contributed by atoms with Gasteiger partial charge in [-0.05, 0) is 37.1 Å². The van der Waals surface area contributed by atoms with Crippen molar-refractivity contribution in [3.63, 3.8) is 0 Å². The van der Waals surface area contributed by atoms with Crippen LogP contribution in [0.2, 0.25) is 0 Å². The summed E-state index contributed by atoms with van der Waals surface area (Å²) in [7, 11) is -3.63. The zero-order valence-electron chi connectivity index (χ0n) is 21.9. The number of hydrogen-bond donors (Lipinski definition) is 1. The van der Waals surface area contributed by atoms with E-state index in [2.05, 4.69) is 34.2 Å². The Morgan fingerprint density at radius 2 is 1.59 bits per heavy atom. The molecule has 0 radical (unpaired) electrons. The fraction of sp³-hybridized carbons (Fsp3) is 0.731. The van der Waals surface area contributed by atoms with Gasteiger partial charge in [-0.3, -0.25) is 9.69 Å². The molecule has 0 bridgehead atoms. The zero-order chi connectivity index (χ0) is 25.9. The summed E-state index contributed by atoms with van der Waals surface area (Å²) in [6.45, 7) is 11.1. The Kier molecular flexibility index (Phi) is 8.49. The first kappa shape index (κ1) is 27.0. The normalized spacial score (nSPS) is 26.5. The van der Waals surface area contributed by atoms with Gasteiger partial charge in [-0.15, -0.1) is 0 Å². The van der Waals surface area contributed by atoms with Crippen LogP contribution in [0.3, 0.4) is 0 Å². The van der Waals surface area contributed by atoms with Crippen LogP contribution in [-0.2, 0) is 31.0 Å². The summed E-state index contributed by atoms with van der Waals surface area (Å²) >= 11 is 0. The Bertz CT molecular complexity index is 1010. The number of benzene rings is 1. The van der Waals surface area contributed by atoms with E-state index < -0.39 is 16.0 Å². The number of rotatable bonds is 7. The molecule has 206 valence electrons. The molecule has 1 unspecified atom stereocenters. The van der Waals surface area contributed by atoms with Gasteiger partial charge in [0.25, 0.3) is 10.2 Å². The molecule has 1 aromatic carbocycles. The van der Waals surface area contributed by atoms with Crippen molar-refractivity contribution in [2.45, 2.75) is 44.9 Å². The molecule has 4 saturated heterocycles. The molecular formula is C26H41N5O5S. The number of nitrogens with zero attached hydrogens (tertiary/aromatic N) is 4. The van der Waals surface area contributed by atoms with Crippen LogP contribution in [0.25, 0.3) is 0 Å². The highest BCUT2D eigenvalue weighted by Gasteiger charge is 2.44. The third-order valence-corrected chi connectivity index (χ3v) is 10.2. The second-order valence-electron chi connectivity index (χ2n) is 10.6. The lowest BCUT2D eigenvalue weighted by Crippen LogP contribution is -2.54. The average Bonchev–Trinajstić information content (AvgIpc) is 3.38. The Morgan fingerprint density at radius 3 is 2.24 bits per heavy atom. The number of carbonyl (C=O) groups excluding carboxylic acids is 1. The molecule has 10 nitrogen and oxygen atoms in total. The Labute approximate surface area is 221 Å². The molecular weight excluding hydrogens is 494 g/mol. The lowest BCUT2D eigenvalue weighted by atomic mass is 9.98. The second-order valence-corrected chi connectivity index (χ2v) is 12.5.